The lowest BCUT2D eigenvalue weighted by Gasteiger charge is -2.18. The second-order valence-electron chi connectivity index (χ2n) is 4.71. The highest BCUT2D eigenvalue weighted by molar-refractivity contribution is 8.00. The van der Waals surface area contributed by atoms with E-state index in [1.807, 2.05) is 0 Å². The molecule has 0 bridgehead atoms. The third-order valence-electron chi connectivity index (χ3n) is 3.23. The number of carbonyl (C=O) groups is 3. The number of nitrogens with zero attached hydrogens (tertiary/aromatic N) is 1. The van der Waals surface area contributed by atoms with Crippen LogP contribution in [-0.4, -0.2) is 47.0 Å². The van der Waals surface area contributed by atoms with Gasteiger partial charge >= 0.3 is 5.97 Å². The summed E-state index contributed by atoms with van der Waals surface area (Å²) < 4.78 is 5.17. The Morgan fingerprint density at radius 2 is 2.18 bits per heavy atom. The standard InChI is InChI=1S/C14H16N2O5S/c1-21-10-5-3-2-4-9(10)16-12(17)6-11(13(16)18)22-7-8(15)14(19)20/h2-5,8,11H,6-7,15H2,1H3,(H,19,20)/t8-,11-/m0/s1. The molecule has 3 N–H and O–H groups in total. The Hall–Kier alpha value is -2.06. The summed E-state index contributed by atoms with van der Waals surface area (Å²) in [4.78, 5) is 36.3. The van der Waals surface area contributed by atoms with E-state index in [9.17, 15) is 14.4 Å². The molecule has 2 atom stereocenters. The smallest absolute Gasteiger partial charge is 0.321 e. The van der Waals surface area contributed by atoms with Gasteiger partial charge in [-0.15, -0.1) is 11.8 Å². The van der Waals surface area contributed by atoms with E-state index in [4.69, 9.17) is 15.6 Å². The van der Waals surface area contributed by atoms with Gasteiger partial charge in [-0.3, -0.25) is 14.4 Å². The Morgan fingerprint density at radius 1 is 1.50 bits per heavy atom. The molecular weight excluding hydrogens is 308 g/mol. The third kappa shape index (κ3) is 3.23. The zero-order valence-electron chi connectivity index (χ0n) is 11.9. The summed E-state index contributed by atoms with van der Waals surface area (Å²) in [6.45, 7) is 0. The van der Waals surface area contributed by atoms with Crippen molar-refractivity contribution in [3.05, 3.63) is 24.3 Å². The summed E-state index contributed by atoms with van der Waals surface area (Å²) in [6, 6.07) is 5.68. The van der Waals surface area contributed by atoms with Crippen LogP contribution in [0.2, 0.25) is 0 Å². The first-order valence-electron chi connectivity index (χ1n) is 6.55. The molecule has 1 heterocycles. The van der Waals surface area contributed by atoms with Crippen molar-refractivity contribution in [2.75, 3.05) is 17.8 Å². The summed E-state index contributed by atoms with van der Waals surface area (Å²) in [7, 11) is 1.46. The minimum absolute atomic E-state index is 0.0217. The first-order valence-corrected chi connectivity index (χ1v) is 7.60. The van der Waals surface area contributed by atoms with Crippen molar-refractivity contribution in [2.24, 2.45) is 5.73 Å². The first-order chi connectivity index (χ1) is 10.5. The van der Waals surface area contributed by atoms with Crippen LogP contribution in [0.1, 0.15) is 6.42 Å². The number of hydrogen-bond acceptors (Lipinski definition) is 6. The number of benzene rings is 1. The monoisotopic (exact) mass is 324 g/mol. The van der Waals surface area contributed by atoms with E-state index in [1.165, 1.54) is 7.11 Å². The maximum Gasteiger partial charge on any atom is 0.321 e. The number of carboxylic acids is 1. The van der Waals surface area contributed by atoms with Gasteiger partial charge in [0.15, 0.2) is 0 Å². The van der Waals surface area contributed by atoms with Crippen molar-refractivity contribution in [3.63, 3.8) is 0 Å². The SMILES string of the molecule is COc1ccccc1N1C(=O)C[C@H](SC[C@H](N)C(=O)O)C1=O. The Morgan fingerprint density at radius 3 is 2.82 bits per heavy atom. The zero-order chi connectivity index (χ0) is 16.3. The number of aliphatic carboxylic acids is 1. The number of thioether (sulfide) groups is 1. The maximum atomic E-state index is 12.4. The van der Waals surface area contributed by atoms with Gasteiger partial charge in [0.05, 0.1) is 18.0 Å². The lowest BCUT2D eigenvalue weighted by molar-refractivity contribution is -0.138. The molecule has 2 rings (SSSR count). The predicted molar refractivity (Wildman–Crippen MR) is 82.0 cm³/mol. The highest BCUT2D eigenvalue weighted by Crippen LogP contribution is 2.35. The molecule has 22 heavy (non-hydrogen) atoms. The Kier molecular flexibility index (Phi) is 5.04. The van der Waals surface area contributed by atoms with Gasteiger partial charge in [0.25, 0.3) is 0 Å². The molecule has 1 fully saturated rings. The Labute approximate surface area is 131 Å². The average molecular weight is 324 g/mol. The largest absolute Gasteiger partial charge is 0.495 e. The molecular formula is C14H16N2O5S. The van der Waals surface area contributed by atoms with Gasteiger partial charge in [0, 0.05) is 12.2 Å². The number of imide groups is 1. The fourth-order valence-corrected chi connectivity index (χ4v) is 3.18. The lowest BCUT2D eigenvalue weighted by atomic mass is 10.2. The molecule has 8 heteroatoms. The van der Waals surface area contributed by atoms with Crippen molar-refractivity contribution >= 4 is 35.2 Å². The van der Waals surface area contributed by atoms with E-state index in [2.05, 4.69) is 0 Å². The lowest BCUT2D eigenvalue weighted by Crippen LogP contribution is -2.35. The maximum absolute atomic E-state index is 12.4. The van der Waals surface area contributed by atoms with Crippen LogP contribution in [0, 0.1) is 0 Å². The van der Waals surface area contributed by atoms with Crippen LogP contribution in [0.3, 0.4) is 0 Å². The van der Waals surface area contributed by atoms with Crippen LogP contribution in [0.4, 0.5) is 5.69 Å². The fourth-order valence-electron chi connectivity index (χ4n) is 2.09. The van der Waals surface area contributed by atoms with E-state index < -0.39 is 17.3 Å². The van der Waals surface area contributed by atoms with Gasteiger partial charge in [-0.25, -0.2) is 4.90 Å². The molecule has 1 aromatic rings. The summed E-state index contributed by atoms with van der Waals surface area (Å²) >= 11 is 1.09. The number of methoxy groups -OCH3 is 1. The number of amides is 2. The molecule has 0 saturated carbocycles. The molecule has 7 nitrogen and oxygen atoms in total. The number of rotatable bonds is 6. The van der Waals surface area contributed by atoms with Crippen LogP contribution >= 0.6 is 11.8 Å². The van der Waals surface area contributed by atoms with Crippen molar-refractivity contribution in [1.82, 2.24) is 0 Å². The molecule has 1 saturated heterocycles. The van der Waals surface area contributed by atoms with Crippen LogP contribution in [-0.2, 0) is 14.4 Å². The topological polar surface area (TPSA) is 110 Å². The van der Waals surface area contributed by atoms with E-state index in [1.54, 1.807) is 24.3 Å². The van der Waals surface area contributed by atoms with E-state index >= 15 is 0 Å². The van der Waals surface area contributed by atoms with Gasteiger partial charge in [0.1, 0.15) is 11.8 Å². The highest BCUT2D eigenvalue weighted by atomic mass is 32.2. The quantitative estimate of drug-likeness (QED) is 0.732. The summed E-state index contributed by atoms with van der Waals surface area (Å²) in [5, 5.41) is 8.13. The van der Waals surface area contributed by atoms with Crippen LogP contribution < -0.4 is 15.4 Å². The molecule has 0 spiro atoms. The molecule has 1 aliphatic heterocycles. The molecule has 118 valence electrons. The van der Waals surface area contributed by atoms with E-state index in [0.29, 0.717) is 11.4 Å². The number of hydrogen-bond donors (Lipinski definition) is 2. The predicted octanol–water partition coefficient (Wildman–Crippen LogP) is 0.472. The fraction of sp³-hybridized carbons (Fsp3) is 0.357. The minimum Gasteiger partial charge on any atom is -0.495 e. The highest BCUT2D eigenvalue weighted by Gasteiger charge is 2.41. The normalized spacial score (nSPS) is 19.4. The number of nitrogens with two attached hydrogens (primary N) is 1. The molecule has 1 aliphatic rings. The van der Waals surface area contributed by atoms with Crippen LogP contribution in [0.5, 0.6) is 5.75 Å². The summed E-state index contributed by atoms with van der Waals surface area (Å²) in [6.07, 6.45) is 0.0217. The van der Waals surface area contributed by atoms with Gasteiger partial charge in [-0.2, -0.15) is 0 Å². The van der Waals surface area contributed by atoms with E-state index in [0.717, 1.165) is 16.7 Å². The molecule has 0 radical (unpaired) electrons. The molecule has 0 aliphatic carbocycles. The second kappa shape index (κ2) is 6.80. The van der Waals surface area contributed by atoms with E-state index in [-0.39, 0.29) is 24.0 Å². The van der Waals surface area contributed by atoms with Crippen molar-refractivity contribution in [3.8, 4) is 5.75 Å². The van der Waals surface area contributed by atoms with Gasteiger partial charge in [-0.05, 0) is 12.1 Å². The number of carbonyl (C=O) groups excluding carboxylic acids is 2. The van der Waals surface area contributed by atoms with Crippen molar-refractivity contribution < 1.29 is 24.2 Å². The van der Waals surface area contributed by atoms with Crippen molar-refractivity contribution in [2.45, 2.75) is 17.7 Å². The molecule has 0 unspecified atom stereocenters. The van der Waals surface area contributed by atoms with Gasteiger partial charge in [-0.1, -0.05) is 12.1 Å². The number of ether oxygens (including phenoxy) is 1. The second-order valence-corrected chi connectivity index (χ2v) is 5.95. The Bertz CT molecular complexity index is 607. The summed E-state index contributed by atoms with van der Waals surface area (Å²) in [5.41, 5.74) is 5.81. The average Bonchev–Trinajstić information content (AvgIpc) is 2.78. The number of carboxylic acid groups (broad SMARTS) is 1. The minimum atomic E-state index is -1.13. The van der Waals surface area contributed by atoms with Crippen LogP contribution in [0.25, 0.3) is 0 Å². The zero-order valence-corrected chi connectivity index (χ0v) is 12.7. The van der Waals surface area contributed by atoms with Crippen LogP contribution in [0.15, 0.2) is 24.3 Å². The summed E-state index contributed by atoms with van der Waals surface area (Å²) in [5.74, 6) is -1.35. The van der Waals surface area contributed by atoms with Crippen molar-refractivity contribution in [1.29, 1.82) is 0 Å². The third-order valence-corrected chi connectivity index (χ3v) is 4.55. The molecule has 0 aromatic heterocycles. The van der Waals surface area contributed by atoms with Gasteiger partial charge in [0.2, 0.25) is 11.8 Å². The number of para-hydroxylation sites is 2. The molecule has 2 amide bonds. The molecule has 1 aromatic carbocycles. The number of anilines is 1. The Balaban J connectivity index is 2.14. The first kappa shape index (κ1) is 16.3. The van der Waals surface area contributed by atoms with Gasteiger partial charge < -0.3 is 15.6 Å².